The summed E-state index contributed by atoms with van der Waals surface area (Å²) in [7, 11) is 0. The first-order valence-corrected chi connectivity index (χ1v) is 10.6. The third kappa shape index (κ3) is 3.66. The molecule has 0 atom stereocenters. The van der Waals surface area contributed by atoms with Crippen molar-refractivity contribution < 1.29 is 4.79 Å². The van der Waals surface area contributed by atoms with Crippen LogP contribution in [0.4, 0.5) is 11.4 Å². The maximum Gasteiger partial charge on any atom is 0.167 e. The molecule has 4 aromatic rings. The summed E-state index contributed by atoms with van der Waals surface area (Å²) in [5.41, 5.74) is 7.74. The van der Waals surface area contributed by atoms with Crippen LogP contribution < -0.4 is 5.32 Å². The van der Waals surface area contributed by atoms with Crippen LogP contribution in [0.25, 0.3) is 22.4 Å². The molecule has 2 heterocycles. The van der Waals surface area contributed by atoms with Crippen LogP contribution in [-0.4, -0.2) is 15.8 Å². The van der Waals surface area contributed by atoms with Gasteiger partial charge in [0, 0.05) is 41.3 Å². The quantitative estimate of drug-likeness (QED) is 0.398. The van der Waals surface area contributed by atoms with E-state index in [0.29, 0.717) is 6.42 Å². The fourth-order valence-electron chi connectivity index (χ4n) is 4.51. The molecule has 1 aliphatic carbocycles. The van der Waals surface area contributed by atoms with Crippen LogP contribution in [0.5, 0.6) is 0 Å². The molecular weight excluding hydrogens is 382 g/mol. The van der Waals surface area contributed by atoms with Gasteiger partial charge in [-0.3, -0.25) is 9.78 Å². The van der Waals surface area contributed by atoms with E-state index in [0.717, 1.165) is 51.4 Å². The highest BCUT2D eigenvalue weighted by atomic mass is 16.1. The molecule has 5 rings (SSSR count). The lowest BCUT2D eigenvalue weighted by Gasteiger charge is -2.28. The summed E-state index contributed by atoms with van der Waals surface area (Å²) in [5, 5.41) is 3.63. The lowest BCUT2D eigenvalue weighted by molar-refractivity contribution is 0.0912. The van der Waals surface area contributed by atoms with Gasteiger partial charge in [-0.1, -0.05) is 62.4 Å². The number of hydrogen-bond acceptors (Lipinski definition) is 3. The molecule has 2 aromatic heterocycles. The summed E-state index contributed by atoms with van der Waals surface area (Å²) in [6.07, 6.45) is 4.95. The van der Waals surface area contributed by atoms with E-state index < -0.39 is 0 Å². The van der Waals surface area contributed by atoms with Gasteiger partial charge >= 0.3 is 0 Å². The lowest BCUT2D eigenvalue weighted by atomic mass is 9.76. The smallest absolute Gasteiger partial charge is 0.167 e. The van der Waals surface area contributed by atoms with Crippen LogP contribution in [-0.2, 0) is 6.42 Å². The second kappa shape index (κ2) is 7.55. The van der Waals surface area contributed by atoms with E-state index in [-0.39, 0.29) is 11.2 Å². The summed E-state index contributed by atoms with van der Waals surface area (Å²) in [5.74, 6) is 0.183. The molecule has 0 unspecified atom stereocenters. The number of carbonyl (C=O) groups is 1. The Morgan fingerprint density at radius 2 is 1.58 bits per heavy atom. The number of hydrogen-bond donors (Lipinski definition) is 2. The van der Waals surface area contributed by atoms with E-state index in [4.69, 9.17) is 0 Å². The SMILES string of the molecule is CC1(C)CC(=O)c2c([nH]c(-c3ccncc3)c2Nc2ccccc2-c2ccccc2)C1. The van der Waals surface area contributed by atoms with Crippen LogP contribution >= 0.6 is 0 Å². The number of aromatic amines is 1. The van der Waals surface area contributed by atoms with Gasteiger partial charge in [0.2, 0.25) is 0 Å². The minimum Gasteiger partial charge on any atom is -0.356 e. The van der Waals surface area contributed by atoms with Gasteiger partial charge in [-0.2, -0.15) is 0 Å². The number of Topliss-reactive ketones (excluding diaryl/α,β-unsaturated/α-hetero) is 1. The molecule has 4 nitrogen and oxygen atoms in total. The Labute approximate surface area is 182 Å². The Morgan fingerprint density at radius 1 is 0.871 bits per heavy atom. The van der Waals surface area contributed by atoms with E-state index >= 15 is 0 Å². The average molecular weight is 408 g/mol. The van der Waals surface area contributed by atoms with Crippen molar-refractivity contribution in [1.82, 2.24) is 9.97 Å². The van der Waals surface area contributed by atoms with Crippen LogP contribution in [0.2, 0.25) is 0 Å². The number of aromatic nitrogens is 2. The molecule has 0 saturated carbocycles. The third-order valence-corrected chi connectivity index (χ3v) is 5.89. The Hall–Kier alpha value is -3.66. The Kier molecular flexibility index (Phi) is 4.70. The number of benzene rings is 2. The zero-order chi connectivity index (χ0) is 21.4. The Bertz CT molecular complexity index is 1240. The topological polar surface area (TPSA) is 57.8 Å². The van der Waals surface area contributed by atoms with E-state index in [1.54, 1.807) is 12.4 Å². The van der Waals surface area contributed by atoms with Gasteiger partial charge in [0.1, 0.15) is 0 Å². The summed E-state index contributed by atoms with van der Waals surface area (Å²) in [6, 6.07) is 22.5. The standard InChI is InChI=1S/C27H25N3O/c1-27(2)16-22-24(23(31)17-27)26(25(30-22)19-12-14-28-15-13-19)29-21-11-7-6-10-20(21)18-8-4-3-5-9-18/h3-15,29-30H,16-17H2,1-2H3. The number of fused-ring (bicyclic) bond motifs is 1. The molecule has 154 valence electrons. The monoisotopic (exact) mass is 407 g/mol. The second-order valence-electron chi connectivity index (χ2n) is 8.94. The zero-order valence-electron chi connectivity index (χ0n) is 17.8. The maximum absolute atomic E-state index is 13.2. The molecule has 0 fully saturated rings. The van der Waals surface area contributed by atoms with E-state index in [1.165, 1.54) is 0 Å². The van der Waals surface area contributed by atoms with Crippen molar-refractivity contribution in [2.24, 2.45) is 5.41 Å². The second-order valence-corrected chi connectivity index (χ2v) is 8.94. The molecule has 0 bridgehead atoms. The fourth-order valence-corrected chi connectivity index (χ4v) is 4.51. The van der Waals surface area contributed by atoms with Crippen LogP contribution in [0.15, 0.2) is 79.1 Å². The number of nitrogens with zero attached hydrogens (tertiary/aromatic N) is 1. The number of ketones is 1. The number of nitrogens with one attached hydrogen (secondary N) is 2. The molecule has 4 heteroatoms. The van der Waals surface area contributed by atoms with Gasteiger partial charge in [0.15, 0.2) is 5.78 Å². The van der Waals surface area contributed by atoms with E-state index in [1.807, 2.05) is 42.5 Å². The number of rotatable bonds is 4. The number of anilines is 2. The average Bonchev–Trinajstić information content (AvgIpc) is 3.12. The molecule has 2 N–H and O–H groups in total. The van der Waals surface area contributed by atoms with Gasteiger partial charge < -0.3 is 10.3 Å². The Balaban J connectivity index is 1.67. The van der Waals surface area contributed by atoms with Crippen molar-refractivity contribution in [3.05, 3.63) is 90.4 Å². The molecule has 0 aliphatic heterocycles. The first kappa shape index (κ1) is 19.3. The van der Waals surface area contributed by atoms with Gasteiger partial charge in [-0.25, -0.2) is 0 Å². The van der Waals surface area contributed by atoms with Gasteiger partial charge in [0.25, 0.3) is 0 Å². The van der Waals surface area contributed by atoms with Gasteiger partial charge in [-0.15, -0.1) is 0 Å². The molecule has 0 saturated heterocycles. The predicted molar refractivity (Wildman–Crippen MR) is 126 cm³/mol. The van der Waals surface area contributed by atoms with Crippen molar-refractivity contribution in [3.8, 4) is 22.4 Å². The molecule has 0 amide bonds. The first-order chi connectivity index (χ1) is 15.0. The highest BCUT2D eigenvalue weighted by molar-refractivity contribution is 6.08. The summed E-state index contributed by atoms with van der Waals surface area (Å²) in [6.45, 7) is 4.30. The van der Waals surface area contributed by atoms with Crippen molar-refractivity contribution in [2.45, 2.75) is 26.7 Å². The summed E-state index contributed by atoms with van der Waals surface area (Å²) in [4.78, 5) is 21.0. The highest BCUT2D eigenvalue weighted by Crippen LogP contribution is 2.44. The minimum absolute atomic E-state index is 0.0519. The molecule has 0 radical (unpaired) electrons. The molecule has 2 aromatic carbocycles. The van der Waals surface area contributed by atoms with E-state index in [9.17, 15) is 4.79 Å². The largest absolute Gasteiger partial charge is 0.356 e. The molecule has 1 aliphatic rings. The maximum atomic E-state index is 13.2. The Morgan fingerprint density at radius 3 is 2.35 bits per heavy atom. The van der Waals surface area contributed by atoms with Crippen LogP contribution in [0.1, 0.15) is 36.3 Å². The molecular formula is C27H25N3O. The zero-order valence-corrected chi connectivity index (χ0v) is 17.8. The summed E-state index contributed by atoms with van der Waals surface area (Å²) >= 11 is 0. The lowest BCUT2D eigenvalue weighted by Crippen LogP contribution is -2.26. The number of H-pyrrole nitrogens is 1. The van der Waals surface area contributed by atoms with Crippen molar-refractivity contribution in [3.63, 3.8) is 0 Å². The number of pyridine rings is 1. The van der Waals surface area contributed by atoms with E-state index in [2.05, 4.69) is 53.4 Å². The van der Waals surface area contributed by atoms with Crippen molar-refractivity contribution in [1.29, 1.82) is 0 Å². The third-order valence-electron chi connectivity index (χ3n) is 5.89. The predicted octanol–water partition coefficient (Wildman–Crippen LogP) is 6.64. The normalized spacial score (nSPS) is 14.8. The van der Waals surface area contributed by atoms with Gasteiger partial charge in [-0.05, 0) is 35.6 Å². The minimum atomic E-state index is -0.0519. The first-order valence-electron chi connectivity index (χ1n) is 10.6. The summed E-state index contributed by atoms with van der Waals surface area (Å²) < 4.78 is 0. The highest BCUT2D eigenvalue weighted by Gasteiger charge is 2.35. The molecule has 31 heavy (non-hydrogen) atoms. The van der Waals surface area contributed by atoms with Crippen molar-refractivity contribution in [2.75, 3.05) is 5.32 Å². The number of carbonyl (C=O) groups excluding carboxylic acids is 1. The van der Waals surface area contributed by atoms with Crippen molar-refractivity contribution >= 4 is 17.2 Å². The fraction of sp³-hybridized carbons (Fsp3) is 0.185. The van der Waals surface area contributed by atoms with Gasteiger partial charge in [0.05, 0.1) is 16.9 Å². The van der Waals surface area contributed by atoms with Crippen LogP contribution in [0, 0.1) is 5.41 Å². The number of para-hydroxylation sites is 1. The molecule has 0 spiro atoms. The van der Waals surface area contributed by atoms with Crippen LogP contribution in [0.3, 0.4) is 0 Å².